The minimum absolute atomic E-state index is 0.148. The molecule has 1 unspecified atom stereocenters. The largest absolute Gasteiger partial charge is 0.453 e. The molecule has 1 aromatic heterocycles. The molecular formula is C14H10Br2N2O3. The lowest BCUT2D eigenvalue weighted by atomic mass is 10.1. The summed E-state index contributed by atoms with van der Waals surface area (Å²) in [6.07, 6.45) is -0.174. The zero-order chi connectivity index (χ0) is 15.0. The van der Waals surface area contributed by atoms with E-state index in [1.807, 2.05) is 24.3 Å². The van der Waals surface area contributed by atoms with Crippen molar-refractivity contribution in [2.24, 2.45) is 0 Å². The van der Waals surface area contributed by atoms with Crippen molar-refractivity contribution in [1.82, 2.24) is 0 Å². The van der Waals surface area contributed by atoms with Gasteiger partial charge in [-0.3, -0.25) is 9.59 Å². The SMILES string of the molecule is O=C1CC(=O)Nc2cc(C(Br)c3ccc(Br)o3)ccc2N1. The molecule has 2 N–H and O–H groups in total. The molecule has 3 rings (SSSR count). The molecule has 0 fully saturated rings. The number of hydrogen-bond acceptors (Lipinski definition) is 3. The maximum atomic E-state index is 11.6. The number of alkyl halides is 1. The number of hydrogen-bond donors (Lipinski definition) is 2. The average molecular weight is 414 g/mol. The summed E-state index contributed by atoms with van der Waals surface area (Å²) in [5.74, 6) is 0.102. The topological polar surface area (TPSA) is 71.3 Å². The molecule has 0 spiro atoms. The van der Waals surface area contributed by atoms with Gasteiger partial charge < -0.3 is 15.1 Å². The average Bonchev–Trinajstić information content (AvgIpc) is 2.79. The van der Waals surface area contributed by atoms with Gasteiger partial charge in [0.1, 0.15) is 12.2 Å². The van der Waals surface area contributed by atoms with Gasteiger partial charge in [0.2, 0.25) is 11.8 Å². The Bertz CT molecular complexity index is 727. The Labute approximate surface area is 137 Å². The van der Waals surface area contributed by atoms with Crippen molar-refractivity contribution >= 4 is 55.0 Å². The molecule has 1 aliphatic rings. The third kappa shape index (κ3) is 3.03. The second-order valence-corrected chi connectivity index (χ2v) is 6.28. The smallest absolute Gasteiger partial charge is 0.233 e. The van der Waals surface area contributed by atoms with Crippen molar-refractivity contribution in [1.29, 1.82) is 0 Å². The number of carbonyl (C=O) groups is 2. The van der Waals surface area contributed by atoms with Crippen molar-refractivity contribution in [3.05, 3.63) is 46.3 Å². The standard InChI is InChI=1S/C14H10Br2N2O3/c15-11-4-3-10(21-11)14(16)7-1-2-8-9(5-7)18-13(20)6-12(19)17-8/h1-5,14H,6H2,(H,17,19)(H,18,20). The van der Waals surface area contributed by atoms with Crippen LogP contribution in [0.4, 0.5) is 11.4 Å². The Kier molecular flexibility index (Phi) is 3.86. The van der Waals surface area contributed by atoms with Gasteiger partial charge >= 0.3 is 0 Å². The maximum absolute atomic E-state index is 11.6. The summed E-state index contributed by atoms with van der Waals surface area (Å²) in [5.41, 5.74) is 2.08. The van der Waals surface area contributed by atoms with Crippen LogP contribution in [0, 0.1) is 0 Å². The summed E-state index contributed by atoms with van der Waals surface area (Å²) >= 11 is 6.83. The lowest BCUT2D eigenvalue weighted by Crippen LogP contribution is -2.16. The van der Waals surface area contributed by atoms with E-state index in [0.717, 1.165) is 11.3 Å². The molecule has 0 radical (unpaired) electrons. The van der Waals surface area contributed by atoms with E-state index >= 15 is 0 Å². The first kappa shape index (κ1) is 14.3. The van der Waals surface area contributed by atoms with Crippen LogP contribution in [0.25, 0.3) is 0 Å². The molecule has 1 atom stereocenters. The molecule has 1 aliphatic heterocycles. The zero-order valence-corrected chi connectivity index (χ0v) is 13.8. The van der Waals surface area contributed by atoms with Gasteiger partial charge in [0, 0.05) is 0 Å². The summed E-state index contributed by atoms with van der Waals surface area (Å²) in [6, 6.07) is 9.12. The van der Waals surface area contributed by atoms with Crippen LogP contribution in [0.2, 0.25) is 0 Å². The first-order valence-corrected chi connectivity index (χ1v) is 7.87. The second-order valence-electron chi connectivity index (χ2n) is 4.58. The molecular weight excluding hydrogens is 404 g/mol. The molecule has 0 bridgehead atoms. The molecule has 0 saturated heterocycles. The quantitative estimate of drug-likeness (QED) is 0.580. The first-order chi connectivity index (χ1) is 10.0. The van der Waals surface area contributed by atoms with Gasteiger partial charge in [0.25, 0.3) is 0 Å². The van der Waals surface area contributed by atoms with Crippen LogP contribution >= 0.6 is 31.9 Å². The van der Waals surface area contributed by atoms with E-state index < -0.39 is 0 Å². The number of amides is 2. The Morgan fingerprint density at radius 2 is 1.76 bits per heavy atom. The maximum Gasteiger partial charge on any atom is 0.233 e. The van der Waals surface area contributed by atoms with E-state index in [4.69, 9.17) is 4.42 Å². The van der Waals surface area contributed by atoms with E-state index in [0.29, 0.717) is 16.0 Å². The fraction of sp³-hybridized carbons (Fsp3) is 0.143. The number of carbonyl (C=O) groups excluding carboxylic acids is 2. The third-order valence-corrected chi connectivity index (χ3v) is 4.46. The van der Waals surface area contributed by atoms with Gasteiger partial charge in [0.05, 0.1) is 16.2 Å². The van der Waals surface area contributed by atoms with Crippen LogP contribution in [0.15, 0.2) is 39.4 Å². The number of anilines is 2. The fourth-order valence-corrected chi connectivity index (χ4v) is 2.95. The number of furan rings is 1. The summed E-state index contributed by atoms with van der Waals surface area (Å²) in [5, 5.41) is 5.42. The monoisotopic (exact) mass is 412 g/mol. The normalized spacial score (nSPS) is 15.7. The minimum atomic E-state index is -0.324. The second kappa shape index (κ2) is 5.65. The zero-order valence-electron chi connectivity index (χ0n) is 10.7. The van der Waals surface area contributed by atoms with Crippen LogP contribution in [-0.2, 0) is 9.59 Å². The van der Waals surface area contributed by atoms with Gasteiger partial charge in [-0.25, -0.2) is 0 Å². The predicted molar refractivity (Wildman–Crippen MR) is 85.5 cm³/mol. The number of fused-ring (bicyclic) bond motifs is 1. The van der Waals surface area contributed by atoms with Crippen molar-refractivity contribution in [3.63, 3.8) is 0 Å². The first-order valence-electron chi connectivity index (χ1n) is 6.16. The molecule has 2 aromatic rings. The van der Waals surface area contributed by atoms with E-state index in [9.17, 15) is 9.59 Å². The Hall–Kier alpha value is -1.60. The van der Waals surface area contributed by atoms with Crippen LogP contribution < -0.4 is 10.6 Å². The molecule has 108 valence electrons. The Balaban J connectivity index is 1.95. The van der Waals surface area contributed by atoms with Crippen LogP contribution in [-0.4, -0.2) is 11.8 Å². The van der Waals surface area contributed by atoms with Gasteiger partial charge in [-0.1, -0.05) is 22.0 Å². The molecule has 0 saturated carbocycles. The highest BCUT2D eigenvalue weighted by Crippen LogP contribution is 2.36. The molecule has 21 heavy (non-hydrogen) atoms. The van der Waals surface area contributed by atoms with Gasteiger partial charge in [-0.2, -0.15) is 0 Å². The number of rotatable bonds is 2. The van der Waals surface area contributed by atoms with Crippen molar-refractivity contribution < 1.29 is 14.0 Å². The summed E-state index contributed by atoms with van der Waals surface area (Å²) < 4.78 is 6.17. The van der Waals surface area contributed by atoms with E-state index in [-0.39, 0.29) is 23.1 Å². The number of benzene rings is 1. The number of halogens is 2. The third-order valence-electron chi connectivity index (χ3n) is 3.05. The van der Waals surface area contributed by atoms with E-state index in [1.54, 1.807) is 6.07 Å². The molecule has 2 amide bonds. The van der Waals surface area contributed by atoms with Crippen LogP contribution in [0.3, 0.4) is 0 Å². The molecule has 5 nitrogen and oxygen atoms in total. The number of nitrogens with one attached hydrogen (secondary N) is 2. The van der Waals surface area contributed by atoms with Gasteiger partial charge in [-0.05, 0) is 45.8 Å². The molecule has 0 aliphatic carbocycles. The lowest BCUT2D eigenvalue weighted by Gasteiger charge is -2.12. The van der Waals surface area contributed by atoms with Crippen LogP contribution in [0.5, 0.6) is 0 Å². The molecule has 2 heterocycles. The van der Waals surface area contributed by atoms with E-state index in [1.165, 1.54) is 0 Å². The summed E-state index contributed by atoms with van der Waals surface area (Å²) in [6.45, 7) is 0. The van der Waals surface area contributed by atoms with Gasteiger partial charge in [0.15, 0.2) is 4.67 Å². The highest BCUT2D eigenvalue weighted by atomic mass is 79.9. The highest BCUT2D eigenvalue weighted by molar-refractivity contribution is 9.10. The fourth-order valence-electron chi connectivity index (χ4n) is 2.10. The summed E-state index contributed by atoms with van der Waals surface area (Å²) in [4.78, 5) is 23.0. The van der Waals surface area contributed by atoms with E-state index in [2.05, 4.69) is 42.5 Å². The van der Waals surface area contributed by atoms with Crippen LogP contribution in [0.1, 0.15) is 22.6 Å². The Morgan fingerprint density at radius 1 is 1.05 bits per heavy atom. The predicted octanol–water partition coefficient (Wildman–Crippen LogP) is 3.81. The van der Waals surface area contributed by atoms with Crippen molar-refractivity contribution in [3.8, 4) is 0 Å². The lowest BCUT2D eigenvalue weighted by molar-refractivity contribution is -0.123. The Morgan fingerprint density at radius 3 is 2.43 bits per heavy atom. The summed E-state index contributed by atoms with van der Waals surface area (Å²) in [7, 11) is 0. The highest BCUT2D eigenvalue weighted by Gasteiger charge is 2.21. The van der Waals surface area contributed by atoms with Crippen molar-refractivity contribution in [2.45, 2.75) is 11.2 Å². The minimum Gasteiger partial charge on any atom is -0.453 e. The molecule has 7 heteroatoms. The van der Waals surface area contributed by atoms with Crippen molar-refractivity contribution in [2.75, 3.05) is 10.6 Å². The molecule has 1 aromatic carbocycles. The van der Waals surface area contributed by atoms with Gasteiger partial charge in [-0.15, -0.1) is 0 Å².